The molecule has 1 aromatic carbocycles. The van der Waals surface area contributed by atoms with Gasteiger partial charge in [0.15, 0.2) is 11.5 Å². The first-order chi connectivity index (χ1) is 9.10. The Morgan fingerprint density at radius 2 is 2.26 bits per heavy atom. The zero-order valence-electron chi connectivity index (χ0n) is 11.6. The second kappa shape index (κ2) is 5.84. The normalized spacial score (nSPS) is 10.9. The molecule has 0 fully saturated rings. The molecule has 1 aromatic heterocycles. The van der Waals surface area contributed by atoms with E-state index in [0.29, 0.717) is 19.0 Å². The quantitative estimate of drug-likeness (QED) is 0.883. The van der Waals surface area contributed by atoms with Crippen LogP contribution in [0.3, 0.4) is 0 Å². The van der Waals surface area contributed by atoms with Gasteiger partial charge in [-0.05, 0) is 31.2 Å². The lowest BCUT2D eigenvalue weighted by atomic mass is 10.1. The number of amides is 1. The zero-order chi connectivity index (χ0) is 13.8. The third-order valence-electron chi connectivity index (χ3n) is 3.05. The predicted octanol–water partition coefficient (Wildman–Crippen LogP) is 1.36. The molecule has 0 radical (unpaired) electrons. The number of fused-ring (bicyclic) bond motifs is 1. The van der Waals surface area contributed by atoms with Gasteiger partial charge in [-0.1, -0.05) is 6.07 Å². The lowest BCUT2D eigenvalue weighted by molar-refractivity contribution is -0.128. The number of nitrogens with zero attached hydrogens (tertiary/aromatic N) is 2. The van der Waals surface area contributed by atoms with E-state index in [1.165, 1.54) is 0 Å². The van der Waals surface area contributed by atoms with Gasteiger partial charge in [-0.2, -0.15) is 0 Å². The molecule has 0 bridgehead atoms. The first-order valence-electron chi connectivity index (χ1n) is 6.35. The van der Waals surface area contributed by atoms with Crippen LogP contribution in [-0.2, 0) is 11.2 Å². The average Bonchev–Trinajstić information content (AvgIpc) is 2.75. The molecule has 0 atom stereocenters. The predicted molar refractivity (Wildman–Crippen MR) is 74.0 cm³/mol. The van der Waals surface area contributed by atoms with E-state index in [-0.39, 0.29) is 5.91 Å². The van der Waals surface area contributed by atoms with Crippen LogP contribution in [0.15, 0.2) is 22.6 Å². The van der Waals surface area contributed by atoms with Gasteiger partial charge in [0.2, 0.25) is 5.91 Å². The second-order valence-electron chi connectivity index (χ2n) is 4.63. The van der Waals surface area contributed by atoms with Crippen molar-refractivity contribution in [2.24, 2.45) is 0 Å². The molecule has 0 saturated heterocycles. The standard InChI is InChI=1S/C14H19N3O2/c1-10-16-12-8-11(4-5-13(12)19-10)6-7-17(3)14(18)9-15-2/h4-5,8,15H,6-7,9H2,1-3H3. The van der Waals surface area contributed by atoms with Crippen LogP contribution in [0.25, 0.3) is 11.1 Å². The molecule has 1 amide bonds. The minimum atomic E-state index is 0.0980. The maximum absolute atomic E-state index is 11.6. The maximum Gasteiger partial charge on any atom is 0.236 e. The Hall–Kier alpha value is -1.88. The van der Waals surface area contributed by atoms with Gasteiger partial charge in [0.05, 0.1) is 6.54 Å². The summed E-state index contributed by atoms with van der Waals surface area (Å²) >= 11 is 0. The van der Waals surface area contributed by atoms with Gasteiger partial charge >= 0.3 is 0 Å². The van der Waals surface area contributed by atoms with E-state index < -0.39 is 0 Å². The summed E-state index contributed by atoms with van der Waals surface area (Å²) in [4.78, 5) is 17.7. The van der Waals surface area contributed by atoms with Gasteiger partial charge < -0.3 is 14.6 Å². The molecule has 0 saturated carbocycles. The molecule has 0 aliphatic carbocycles. The van der Waals surface area contributed by atoms with E-state index in [4.69, 9.17) is 4.42 Å². The Bertz CT molecular complexity index is 577. The van der Waals surface area contributed by atoms with Crippen molar-refractivity contribution in [1.82, 2.24) is 15.2 Å². The highest BCUT2D eigenvalue weighted by molar-refractivity contribution is 5.78. The number of nitrogens with one attached hydrogen (secondary N) is 1. The molecule has 0 spiro atoms. The van der Waals surface area contributed by atoms with Crippen LogP contribution in [-0.4, -0.2) is 43.0 Å². The zero-order valence-corrected chi connectivity index (χ0v) is 11.6. The summed E-state index contributed by atoms with van der Waals surface area (Å²) < 4.78 is 5.43. The summed E-state index contributed by atoms with van der Waals surface area (Å²) in [6.45, 7) is 2.91. The van der Waals surface area contributed by atoms with Crippen LogP contribution in [0.5, 0.6) is 0 Å². The SMILES string of the molecule is CNCC(=O)N(C)CCc1ccc2oc(C)nc2c1. The molecule has 2 aromatic rings. The van der Waals surface area contributed by atoms with Gasteiger partial charge in [-0.25, -0.2) is 4.98 Å². The Morgan fingerprint density at radius 1 is 1.47 bits per heavy atom. The lowest BCUT2D eigenvalue weighted by Gasteiger charge is -2.16. The molecule has 5 heteroatoms. The largest absolute Gasteiger partial charge is 0.441 e. The van der Waals surface area contributed by atoms with E-state index in [1.807, 2.05) is 32.2 Å². The molecule has 5 nitrogen and oxygen atoms in total. The summed E-state index contributed by atoms with van der Waals surface area (Å²) in [5, 5.41) is 2.86. The Labute approximate surface area is 112 Å². The van der Waals surface area contributed by atoms with E-state index in [9.17, 15) is 4.79 Å². The minimum absolute atomic E-state index is 0.0980. The number of oxazole rings is 1. The summed E-state index contributed by atoms with van der Waals surface area (Å²) in [6.07, 6.45) is 0.813. The topological polar surface area (TPSA) is 58.4 Å². The van der Waals surface area contributed by atoms with E-state index in [0.717, 1.165) is 23.1 Å². The van der Waals surface area contributed by atoms with Crippen LogP contribution in [0.1, 0.15) is 11.5 Å². The van der Waals surface area contributed by atoms with Crippen molar-refractivity contribution in [2.45, 2.75) is 13.3 Å². The number of carbonyl (C=O) groups is 1. The fourth-order valence-electron chi connectivity index (χ4n) is 1.95. The number of benzene rings is 1. The molecule has 2 rings (SSSR count). The van der Waals surface area contributed by atoms with Crippen LogP contribution >= 0.6 is 0 Å². The molecular weight excluding hydrogens is 242 g/mol. The van der Waals surface area contributed by atoms with Crippen molar-refractivity contribution in [3.05, 3.63) is 29.7 Å². The Kier molecular flexibility index (Phi) is 4.16. The van der Waals surface area contributed by atoms with E-state index in [2.05, 4.69) is 10.3 Å². The molecule has 102 valence electrons. The van der Waals surface area contributed by atoms with Crippen molar-refractivity contribution >= 4 is 17.0 Å². The Morgan fingerprint density at radius 3 is 3.00 bits per heavy atom. The van der Waals surface area contributed by atoms with Gasteiger partial charge in [0, 0.05) is 20.5 Å². The van der Waals surface area contributed by atoms with Gasteiger partial charge in [0.25, 0.3) is 0 Å². The van der Waals surface area contributed by atoms with Gasteiger partial charge in [-0.3, -0.25) is 4.79 Å². The van der Waals surface area contributed by atoms with E-state index in [1.54, 1.807) is 11.9 Å². The van der Waals surface area contributed by atoms with Crippen molar-refractivity contribution in [1.29, 1.82) is 0 Å². The number of carbonyl (C=O) groups excluding carboxylic acids is 1. The third kappa shape index (κ3) is 3.32. The Balaban J connectivity index is 1.99. The molecule has 0 unspecified atom stereocenters. The van der Waals surface area contributed by atoms with E-state index >= 15 is 0 Å². The molecule has 0 aliphatic heterocycles. The number of aromatic nitrogens is 1. The van der Waals surface area contributed by atoms with Crippen molar-refractivity contribution in [2.75, 3.05) is 27.2 Å². The first-order valence-corrected chi connectivity index (χ1v) is 6.35. The van der Waals surface area contributed by atoms with Gasteiger partial charge in [-0.15, -0.1) is 0 Å². The monoisotopic (exact) mass is 261 g/mol. The average molecular weight is 261 g/mol. The number of aryl methyl sites for hydroxylation is 1. The van der Waals surface area contributed by atoms with Gasteiger partial charge in [0.1, 0.15) is 5.52 Å². The minimum Gasteiger partial charge on any atom is -0.441 e. The highest BCUT2D eigenvalue weighted by Gasteiger charge is 2.08. The molecule has 0 aliphatic rings. The summed E-state index contributed by atoms with van der Waals surface area (Å²) in [5.41, 5.74) is 2.84. The van der Waals surface area contributed by atoms with Crippen LogP contribution < -0.4 is 5.32 Å². The highest BCUT2D eigenvalue weighted by atomic mass is 16.3. The number of rotatable bonds is 5. The lowest BCUT2D eigenvalue weighted by Crippen LogP contribution is -2.35. The number of hydrogen-bond donors (Lipinski definition) is 1. The van der Waals surface area contributed by atoms with Crippen LogP contribution in [0, 0.1) is 6.92 Å². The molecule has 1 N–H and O–H groups in total. The maximum atomic E-state index is 11.6. The summed E-state index contributed by atoms with van der Waals surface area (Å²) in [7, 11) is 3.59. The van der Waals surface area contributed by atoms with Crippen molar-refractivity contribution in [3.8, 4) is 0 Å². The first kappa shape index (κ1) is 13.5. The summed E-state index contributed by atoms with van der Waals surface area (Å²) in [5.74, 6) is 0.773. The molecule has 1 heterocycles. The van der Waals surface area contributed by atoms with Crippen LogP contribution in [0.4, 0.5) is 0 Å². The van der Waals surface area contributed by atoms with Crippen molar-refractivity contribution in [3.63, 3.8) is 0 Å². The van der Waals surface area contributed by atoms with Crippen molar-refractivity contribution < 1.29 is 9.21 Å². The smallest absolute Gasteiger partial charge is 0.236 e. The molecular formula is C14H19N3O2. The fraction of sp³-hybridized carbons (Fsp3) is 0.429. The number of hydrogen-bond acceptors (Lipinski definition) is 4. The highest BCUT2D eigenvalue weighted by Crippen LogP contribution is 2.17. The third-order valence-corrected chi connectivity index (χ3v) is 3.05. The second-order valence-corrected chi connectivity index (χ2v) is 4.63. The molecule has 19 heavy (non-hydrogen) atoms. The number of likely N-dealkylation sites (N-methyl/N-ethyl adjacent to an activating group) is 2. The van der Waals surface area contributed by atoms with Crippen LogP contribution in [0.2, 0.25) is 0 Å². The fourth-order valence-corrected chi connectivity index (χ4v) is 1.95. The summed E-state index contributed by atoms with van der Waals surface area (Å²) in [6, 6.07) is 5.96.